The van der Waals surface area contributed by atoms with E-state index in [1.54, 1.807) is 0 Å². The van der Waals surface area contributed by atoms with Crippen LogP contribution in [0.4, 0.5) is 8.78 Å². The number of aromatic nitrogens is 1. The molecular weight excluding hydrogens is 520 g/mol. The van der Waals surface area contributed by atoms with Gasteiger partial charge in [-0.3, -0.25) is 9.59 Å². The Labute approximate surface area is 199 Å². The fourth-order valence-corrected chi connectivity index (χ4v) is 7.89. The summed E-state index contributed by atoms with van der Waals surface area (Å²) in [5.41, 5.74) is -0.109. The highest BCUT2D eigenvalue weighted by Gasteiger charge is 2.40. The normalized spacial score (nSPS) is 17.7. The van der Waals surface area contributed by atoms with E-state index < -0.39 is 46.1 Å². The summed E-state index contributed by atoms with van der Waals surface area (Å²) in [6, 6.07) is 3.47. The average Bonchev–Trinajstić information content (AvgIpc) is 3.47. The Bertz CT molecular complexity index is 1430. The van der Waals surface area contributed by atoms with E-state index in [1.165, 1.54) is 12.1 Å². The number of rotatable bonds is 5. The Morgan fingerprint density at radius 2 is 2.03 bits per heavy atom. The summed E-state index contributed by atoms with van der Waals surface area (Å²) in [4.78, 5) is 28.9. The molecule has 1 fully saturated rings. The van der Waals surface area contributed by atoms with Crippen LogP contribution in [0.3, 0.4) is 0 Å². The summed E-state index contributed by atoms with van der Waals surface area (Å²) in [6.07, 6.45) is 0.685. The zero-order valence-corrected chi connectivity index (χ0v) is 20.2. The number of methoxy groups -OCH3 is 1. The summed E-state index contributed by atoms with van der Waals surface area (Å²) < 4.78 is 61.5. The number of thiophene rings is 1. The fourth-order valence-electron chi connectivity index (χ4n) is 3.55. The predicted molar refractivity (Wildman–Crippen MR) is 119 cm³/mol. The van der Waals surface area contributed by atoms with E-state index in [-0.39, 0.29) is 32.2 Å². The van der Waals surface area contributed by atoms with E-state index in [0.29, 0.717) is 16.8 Å². The first kappa shape index (κ1) is 24.0. The zero-order chi connectivity index (χ0) is 23.9. The number of sulfonamides is 1. The van der Waals surface area contributed by atoms with Gasteiger partial charge in [0.25, 0.3) is 15.9 Å². The third-order valence-corrected chi connectivity index (χ3v) is 9.65. The van der Waals surface area contributed by atoms with Gasteiger partial charge in [0.2, 0.25) is 0 Å². The van der Waals surface area contributed by atoms with Crippen molar-refractivity contribution >= 4 is 66.4 Å². The van der Waals surface area contributed by atoms with Crippen molar-refractivity contribution in [2.24, 2.45) is 4.99 Å². The maximum atomic E-state index is 14.5. The summed E-state index contributed by atoms with van der Waals surface area (Å²) in [7, 11) is -2.83. The molecule has 0 N–H and O–H groups in total. The van der Waals surface area contributed by atoms with Crippen molar-refractivity contribution in [3.63, 3.8) is 0 Å². The molecule has 1 unspecified atom stereocenters. The highest BCUT2D eigenvalue weighted by atomic mass is 35.5. The number of carbonyl (C=O) groups is 2. The highest BCUT2D eigenvalue weighted by Crippen LogP contribution is 2.32. The van der Waals surface area contributed by atoms with Gasteiger partial charge < -0.3 is 9.30 Å². The quantitative estimate of drug-likeness (QED) is 0.467. The molecule has 33 heavy (non-hydrogen) atoms. The van der Waals surface area contributed by atoms with Crippen LogP contribution in [0.1, 0.15) is 12.8 Å². The molecule has 2 aromatic heterocycles. The molecule has 1 amide bonds. The van der Waals surface area contributed by atoms with Crippen molar-refractivity contribution < 1.29 is 31.5 Å². The van der Waals surface area contributed by atoms with Gasteiger partial charge in [0.15, 0.2) is 10.6 Å². The van der Waals surface area contributed by atoms with Crippen LogP contribution in [0.5, 0.6) is 0 Å². The summed E-state index contributed by atoms with van der Waals surface area (Å²) in [5, 5.41) is 0. The monoisotopic (exact) mass is 535 g/mol. The van der Waals surface area contributed by atoms with Crippen LogP contribution in [-0.4, -0.2) is 48.9 Å². The van der Waals surface area contributed by atoms with Crippen LogP contribution in [0.25, 0.3) is 10.2 Å². The molecule has 0 bridgehead atoms. The number of carbonyl (C=O) groups excluding carboxylic acids is 2. The molecular formula is C19H16ClF2N3O5S3. The third kappa shape index (κ3) is 4.60. The van der Waals surface area contributed by atoms with Gasteiger partial charge >= 0.3 is 5.97 Å². The van der Waals surface area contributed by atoms with E-state index in [2.05, 4.69) is 9.73 Å². The third-order valence-electron chi connectivity index (χ3n) is 5.02. The molecule has 1 atom stereocenters. The minimum atomic E-state index is -3.97. The average molecular weight is 536 g/mol. The molecule has 4 rings (SSSR count). The molecule has 1 aliphatic rings. The van der Waals surface area contributed by atoms with E-state index in [1.807, 2.05) is 0 Å². The van der Waals surface area contributed by atoms with Crippen molar-refractivity contribution in [2.45, 2.75) is 29.6 Å². The lowest BCUT2D eigenvalue weighted by Crippen LogP contribution is -2.40. The second-order valence-corrected chi connectivity index (χ2v) is 11.9. The van der Waals surface area contributed by atoms with Gasteiger partial charge in [-0.25, -0.2) is 17.2 Å². The summed E-state index contributed by atoms with van der Waals surface area (Å²) in [6.45, 7) is -0.344. The Balaban J connectivity index is 1.77. The van der Waals surface area contributed by atoms with Crippen LogP contribution < -0.4 is 4.80 Å². The van der Waals surface area contributed by atoms with E-state index in [0.717, 1.165) is 44.7 Å². The largest absolute Gasteiger partial charge is 0.468 e. The lowest BCUT2D eigenvalue weighted by molar-refractivity contribution is -0.141. The fraction of sp³-hybridized carbons (Fsp3) is 0.316. The molecule has 0 spiro atoms. The van der Waals surface area contributed by atoms with Gasteiger partial charge in [-0.05, 0) is 31.0 Å². The molecule has 0 aliphatic carbocycles. The van der Waals surface area contributed by atoms with Crippen LogP contribution in [0.15, 0.2) is 33.5 Å². The Morgan fingerprint density at radius 3 is 2.70 bits per heavy atom. The number of benzene rings is 1. The molecule has 14 heteroatoms. The van der Waals surface area contributed by atoms with E-state index in [4.69, 9.17) is 11.6 Å². The van der Waals surface area contributed by atoms with Gasteiger partial charge in [0, 0.05) is 12.6 Å². The Kier molecular flexibility index (Phi) is 6.69. The van der Waals surface area contributed by atoms with E-state index >= 15 is 0 Å². The lowest BCUT2D eigenvalue weighted by atomic mass is 10.2. The number of hydrogen-bond acceptors (Lipinski definition) is 7. The van der Waals surface area contributed by atoms with Crippen LogP contribution in [0, 0.1) is 11.6 Å². The molecule has 1 aliphatic heterocycles. The zero-order valence-electron chi connectivity index (χ0n) is 17.0. The van der Waals surface area contributed by atoms with Gasteiger partial charge in [0.05, 0.1) is 21.7 Å². The minimum Gasteiger partial charge on any atom is -0.468 e. The molecule has 0 saturated carbocycles. The molecule has 0 radical (unpaired) electrons. The first-order valence-electron chi connectivity index (χ1n) is 9.53. The molecule has 8 nitrogen and oxygen atoms in total. The number of ether oxygens (including phenoxy) is 1. The summed E-state index contributed by atoms with van der Waals surface area (Å²) in [5.74, 6) is -3.26. The number of nitrogens with zero attached hydrogens (tertiary/aromatic N) is 3. The van der Waals surface area contributed by atoms with Crippen LogP contribution >= 0.6 is 34.3 Å². The van der Waals surface area contributed by atoms with Gasteiger partial charge in [-0.15, -0.1) is 11.3 Å². The number of halogens is 3. The van der Waals surface area contributed by atoms with Crippen molar-refractivity contribution in [3.8, 4) is 0 Å². The van der Waals surface area contributed by atoms with Gasteiger partial charge in [0.1, 0.15) is 22.6 Å². The number of fused-ring (bicyclic) bond motifs is 1. The van der Waals surface area contributed by atoms with Crippen molar-refractivity contribution in [1.82, 2.24) is 8.87 Å². The summed E-state index contributed by atoms with van der Waals surface area (Å²) >= 11 is 7.55. The van der Waals surface area contributed by atoms with Crippen LogP contribution in [0.2, 0.25) is 4.34 Å². The molecule has 176 valence electrons. The standard InChI is InChI=1S/C19H16ClF2N3O5S3/c1-30-15(26)9-24-17-11(22)7-10(21)8-13(17)31-19(24)23-18(27)12-3-2-6-25(12)33(28,29)16-5-4-14(20)32-16/h4-5,7-8,12H,2-3,6,9H2,1H3. The second-order valence-electron chi connectivity index (χ2n) is 7.06. The second kappa shape index (κ2) is 9.22. The van der Waals surface area contributed by atoms with E-state index in [9.17, 15) is 26.8 Å². The Hall–Kier alpha value is -2.19. The molecule has 3 aromatic rings. The molecule has 1 aromatic carbocycles. The van der Waals surface area contributed by atoms with Crippen LogP contribution in [-0.2, 0) is 30.9 Å². The van der Waals surface area contributed by atoms with Gasteiger partial charge in [-0.1, -0.05) is 22.9 Å². The van der Waals surface area contributed by atoms with Crippen molar-refractivity contribution in [1.29, 1.82) is 0 Å². The minimum absolute atomic E-state index is 0.00682. The lowest BCUT2D eigenvalue weighted by Gasteiger charge is -2.20. The number of hydrogen-bond donors (Lipinski definition) is 0. The Morgan fingerprint density at radius 1 is 1.27 bits per heavy atom. The number of esters is 1. The predicted octanol–water partition coefficient (Wildman–Crippen LogP) is 3.15. The number of amides is 1. The van der Waals surface area contributed by atoms with Crippen molar-refractivity contribution in [3.05, 3.63) is 45.0 Å². The smallest absolute Gasteiger partial charge is 0.325 e. The van der Waals surface area contributed by atoms with Gasteiger partial charge in [-0.2, -0.15) is 9.30 Å². The first-order valence-corrected chi connectivity index (χ1v) is 13.0. The molecule has 3 heterocycles. The SMILES string of the molecule is COC(=O)Cn1c(=NC(=O)C2CCCN2S(=O)(=O)c2ccc(Cl)s2)sc2cc(F)cc(F)c21. The topological polar surface area (TPSA) is 98.0 Å². The highest BCUT2D eigenvalue weighted by molar-refractivity contribution is 7.91. The maximum Gasteiger partial charge on any atom is 0.325 e. The first-order chi connectivity index (χ1) is 15.6. The van der Waals surface area contributed by atoms with Crippen molar-refractivity contribution in [2.75, 3.05) is 13.7 Å². The number of thiazole rings is 1. The maximum absolute atomic E-state index is 14.5. The molecule has 1 saturated heterocycles.